The van der Waals surface area contributed by atoms with Gasteiger partial charge in [0, 0.05) is 17.0 Å². The Hall–Kier alpha value is -2.80. The highest BCUT2D eigenvalue weighted by molar-refractivity contribution is 5.85. The normalized spacial score (nSPS) is 12.8. The lowest BCUT2D eigenvalue weighted by Crippen LogP contribution is -2.19. The zero-order valence-electron chi connectivity index (χ0n) is 17.3. The SMILES string of the molecule is C=CC(=C)N(/C(C)=C/C=C\CC(C)C)c1ccccc1/C(C=C)=C/C=C\C. The third kappa shape index (κ3) is 6.79. The van der Waals surface area contributed by atoms with Crippen LogP contribution in [-0.2, 0) is 0 Å². The maximum atomic E-state index is 4.20. The number of allylic oxidation sites excluding steroid dienone is 10. The van der Waals surface area contributed by atoms with Gasteiger partial charge >= 0.3 is 0 Å². The molecule has 1 aromatic rings. The van der Waals surface area contributed by atoms with Crippen molar-refractivity contribution in [3.8, 4) is 0 Å². The fourth-order valence-electron chi connectivity index (χ4n) is 2.68. The van der Waals surface area contributed by atoms with E-state index in [-0.39, 0.29) is 0 Å². The maximum absolute atomic E-state index is 4.20. The molecule has 1 heteroatoms. The van der Waals surface area contributed by atoms with E-state index >= 15 is 0 Å². The minimum absolute atomic E-state index is 0.654. The standard InChI is InChI=1S/C26H33N/c1-8-11-18-24(10-3)25-19-14-15-20-26(25)27(22(6)9-2)23(7)17-13-12-16-21(4)5/h8-15,17-21H,2-3,6,16H2,1,4-5,7H3/b11-8-,13-12-,23-17+,24-18+. The Labute approximate surface area is 166 Å². The quantitative estimate of drug-likeness (QED) is 0.384. The van der Waals surface area contributed by atoms with Crippen LogP contribution in [-0.4, -0.2) is 0 Å². The number of benzene rings is 1. The van der Waals surface area contributed by atoms with E-state index in [0.29, 0.717) is 5.92 Å². The average Bonchev–Trinajstić information content (AvgIpc) is 2.66. The third-order valence-corrected chi connectivity index (χ3v) is 4.10. The zero-order chi connectivity index (χ0) is 20.2. The van der Waals surface area contributed by atoms with Crippen LogP contribution in [0.15, 0.2) is 104 Å². The van der Waals surface area contributed by atoms with Crippen LogP contribution < -0.4 is 4.90 Å². The molecule has 0 saturated heterocycles. The predicted octanol–water partition coefficient (Wildman–Crippen LogP) is 7.84. The molecule has 1 rings (SSSR count). The summed E-state index contributed by atoms with van der Waals surface area (Å²) in [5.41, 5.74) is 5.15. The van der Waals surface area contributed by atoms with E-state index in [4.69, 9.17) is 0 Å². The molecule has 0 N–H and O–H groups in total. The summed E-state index contributed by atoms with van der Waals surface area (Å²) in [6, 6.07) is 8.30. The summed E-state index contributed by atoms with van der Waals surface area (Å²) in [6.45, 7) is 20.6. The molecule has 0 amide bonds. The van der Waals surface area contributed by atoms with Gasteiger partial charge in [0.2, 0.25) is 0 Å². The van der Waals surface area contributed by atoms with Gasteiger partial charge in [-0.05, 0) is 50.0 Å². The molecule has 142 valence electrons. The van der Waals surface area contributed by atoms with Crippen LogP contribution in [0.25, 0.3) is 5.57 Å². The van der Waals surface area contributed by atoms with Crippen molar-refractivity contribution in [2.45, 2.75) is 34.1 Å². The van der Waals surface area contributed by atoms with Gasteiger partial charge in [-0.15, -0.1) is 0 Å². The van der Waals surface area contributed by atoms with Gasteiger partial charge in [0.15, 0.2) is 0 Å². The van der Waals surface area contributed by atoms with Crippen LogP contribution in [0.3, 0.4) is 0 Å². The zero-order valence-corrected chi connectivity index (χ0v) is 17.3. The molecular weight excluding hydrogens is 326 g/mol. The van der Waals surface area contributed by atoms with E-state index in [1.165, 1.54) is 0 Å². The average molecular weight is 360 g/mol. The van der Waals surface area contributed by atoms with Gasteiger partial charge in [0.25, 0.3) is 0 Å². The van der Waals surface area contributed by atoms with E-state index in [0.717, 1.165) is 34.6 Å². The molecule has 27 heavy (non-hydrogen) atoms. The Morgan fingerprint density at radius 3 is 2.37 bits per heavy atom. The third-order valence-electron chi connectivity index (χ3n) is 4.10. The number of nitrogens with zero attached hydrogens (tertiary/aromatic N) is 1. The lowest BCUT2D eigenvalue weighted by atomic mass is 10.0. The van der Waals surface area contributed by atoms with Crippen molar-refractivity contribution in [3.63, 3.8) is 0 Å². The highest BCUT2D eigenvalue weighted by Crippen LogP contribution is 2.33. The van der Waals surface area contributed by atoms with Gasteiger partial charge in [-0.1, -0.05) is 88.2 Å². The molecule has 0 bridgehead atoms. The van der Waals surface area contributed by atoms with Crippen molar-refractivity contribution < 1.29 is 0 Å². The van der Waals surface area contributed by atoms with E-state index in [1.807, 2.05) is 37.3 Å². The fourth-order valence-corrected chi connectivity index (χ4v) is 2.68. The molecule has 0 radical (unpaired) electrons. The first-order valence-electron chi connectivity index (χ1n) is 9.45. The second kappa shape index (κ2) is 11.7. The Morgan fingerprint density at radius 1 is 1.07 bits per heavy atom. The predicted molar refractivity (Wildman–Crippen MR) is 124 cm³/mol. The largest absolute Gasteiger partial charge is 0.315 e. The smallest absolute Gasteiger partial charge is 0.0536 e. The highest BCUT2D eigenvalue weighted by atomic mass is 15.1. The first kappa shape index (κ1) is 22.2. The number of para-hydroxylation sites is 1. The van der Waals surface area contributed by atoms with Gasteiger partial charge in [0.1, 0.15) is 0 Å². The summed E-state index contributed by atoms with van der Waals surface area (Å²) < 4.78 is 0. The van der Waals surface area contributed by atoms with Crippen molar-refractivity contribution in [3.05, 3.63) is 110 Å². The summed E-state index contributed by atoms with van der Waals surface area (Å²) in [7, 11) is 0. The molecule has 1 aromatic carbocycles. The minimum atomic E-state index is 0.654. The molecule has 0 aromatic heterocycles. The molecule has 0 saturated carbocycles. The van der Waals surface area contributed by atoms with E-state index in [9.17, 15) is 0 Å². The first-order chi connectivity index (χ1) is 13.0. The summed E-state index contributed by atoms with van der Waals surface area (Å²) >= 11 is 0. The molecule has 1 nitrogen and oxygen atoms in total. The monoisotopic (exact) mass is 359 g/mol. The topological polar surface area (TPSA) is 3.24 Å². The first-order valence-corrected chi connectivity index (χ1v) is 9.45. The number of hydrogen-bond acceptors (Lipinski definition) is 1. The van der Waals surface area contributed by atoms with E-state index in [2.05, 4.69) is 81.8 Å². The van der Waals surface area contributed by atoms with Crippen LogP contribution in [0, 0.1) is 5.92 Å². The Balaban J connectivity index is 3.43. The Morgan fingerprint density at radius 2 is 1.78 bits per heavy atom. The number of rotatable bonds is 10. The molecule has 0 aliphatic heterocycles. The summed E-state index contributed by atoms with van der Waals surface area (Å²) in [5.74, 6) is 0.654. The molecule has 0 fully saturated rings. The van der Waals surface area contributed by atoms with Crippen LogP contribution in [0.4, 0.5) is 5.69 Å². The van der Waals surface area contributed by atoms with Crippen LogP contribution in [0.2, 0.25) is 0 Å². The summed E-state index contributed by atoms with van der Waals surface area (Å²) in [6.07, 6.45) is 17.3. The van der Waals surface area contributed by atoms with Gasteiger partial charge in [-0.3, -0.25) is 0 Å². The minimum Gasteiger partial charge on any atom is -0.315 e. The molecular formula is C26H33N. The maximum Gasteiger partial charge on any atom is 0.0536 e. The van der Waals surface area contributed by atoms with Crippen molar-refractivity contribution in [2.75, 3.05) is 4.90 Å². The Kier molecular flexibility index (Phi) is 9.68. The van der Waals surface area contributed by atoms with Crippen molar-refractivity contribution in [1.82, 2.24) is 0 Å². The lowest BCUT2D eigenvalue weighted by molar-refractivity contribution is 0.664. The summed E-state index contributed by atoms with van der Waals surface area (Å²) in [4.78, 5) is 2.13. The number of anilines is 1. The molecule has 0 spiro atoms. The Bertz CT molecular complexity index is 769. The summed E-state index contributed by atoms with van der Waals surface area (Å²) in [5, 5.41) is 0. The fraction of sp³-hybridized carbons (Fsp3) is 0.231. The molecule has 0 heterocycles. The molecule has 0 aliphatic carbocycles. The molecule has 0 atom stereocenters. The van der Waals surface area contributed by atoms with Crippen LogP contribution >= 0.6 is 0 Å². The van der Waals surface area contributed by atoms with Crippen LogP contribution in [0.5, 0.6) is 0 Å². The lowest BCUT2D eigenvalue weighted by Gasteiger charge is -2.28. The second-order valence-electron chi connectivity index (χ2n) is 6.77. The van der Waals surface area contributed by atoms with Crippen molar-refractivity contribution in [2.24, 2.45) is 5.92 Å². The van der Waals surface area contributed by atoms with Crippen molar-refractivity contribution in [1.29, 1.82) is 0 Å². The van der Waals surface area contributed by atoms with Gasteiger partial charge < -0.3 is 4.90 Å². The van der Waals surface area contributed by atoms with Crippen LogP contribution in [0.1, 0.15) is 39.7 Å². The van der Waals surface area contributed by atoms with Gasteiger partial charge in [-0.25, -0.2) is 0 Å². The van der Waals surface area contributed by atoms with Gasteiger partial charge in [-0.2, -0.15) is 0 Å². The molecule has 0 aliphatic rings. The van der Waals surface area contributed by atoms with E-state index < -0.39 is 0 Å². The highest BCUT2D eigenvalue weighted by Gasteiger charge is 2.15. The number of hydrogen-bond donors (Lipinski definition) is 0. The second-order valence-corrected chi connectivity index (χ2v) is 6.77. The molecule has 0 unspecified atom stereocenters. The van der Waals surface area contributed by atoms with E-state index in [1.54, 1.807) is 6.08 Å². The van der Waals surface area contributed by atoms with Gasteiger partial charge in [0.05, 0.1) is 5.69 Å². The van der Waals surface area contributed by atoms with Crippen molar-refractivity contribution >= 4 is 11.3 Å².